The van der Waals surface area contributed by atoms with Crippen LogP contribution in [0, 0.1) is 5.92 Å². The molecule has 0 saturated carbocycles. The van der Waals surface area contributed by atoms with Gasteiger partial charge in [0, 0.05) is 19.1 Å². The highest BCUT2D eigenvalue weighted by Crippen LogP contribution is 2.13. The molecule has 1 aliphatic heterocycles. The van der Waals surface area contributed by atoms with Gasteiger partial charge in [-0.15, -0.1) is 0 Å². The van der Waals surface area contributed by atoms with Crippen molar-refractivity contribution in [2.45, 2.75) is 45.8 Å². The van der Waals surface area contributed by atoms with Crippen LogP contribution in [-0.4, -0.2) is 60.3 Å². The van der Waals surface area contributed by atoms with Crippen LogP contribution in [0.25, 0.3) is 0 Å². The zero-order valence-corrected chi connectivity index (χ0v) is 11.3. The summed E-state index contributed by atoms with van der Waals surface area (Å²) in [5, 5.41) is 10.1. The molecule has 0 amide bonds. The standard InChI is InChI=1S/C13H28N2O/c1-5-11(2)13(16)10-15-8-6-7-14(4)9-12(15)3/h11-13,16H,5-10H2,1-4H3. The lowest BCUT2D eigenvalue weighted by molar-refractivity contribution is 0.0547. The Morgan fingerprint density at radius 3 is 2.69 bits per heavy atom. The first-order valence-corrected chi connectivity index (χ1v) is 6.65. The smallest absolute Gasteiger partial charge is 0.0692 e. The first-order chi connectivity index (χ1) is 7.54. The van der Waals surface area contributed by atoms with E-state index in [1.165, 1.54) is 13.0 Å². The lowest BCUT2D eigenvalue weighted by Gasteiger charge is -2.31. The van der Waals surface area contributed by atoms with Crippen molar-refractivity contribution in [1.82, 2.24) is 9.80 Å². The maximum atomic E-state index is 10.1. The molecule has 3 unspecified atom stereocenters. The molecule has 0 aromatic heterocycles. The van der Waals surface area contributed by atoms with E-state index in [2.05, 4.69) is 37.6 Å². The van der Waals surface area contributed by atoms with Gasteiger partial charge in [0.05, 0.1) is 6.10 Å². The minimum Gasteiger partial charge on any atom is -0.392 e. The van der Waals surface area contributed by atoms with Crippen molar-refractivity contribution in [3.8, 4) is 0 Å². The Bertz CT molecular complexity index is 198. The minimum atomic E-state index is -0.171. The fraction of sp³-hybridized carbons (Fsp3) is 1.00. The number of hydrogen-bond donors (Lipinski definition) is 1. The molecule has 0 aliphatic carbocycles. The first kappa shape index (κ1) is 13.9. The normalized spacial score (nSPS) is 28.7. The molecule has 1 N–H and O–H groups in total. The monoisotopic (exact) mass is 228 g/mol. The molecular formula is C13H28N2O. The van der Waals surface area contributed by atoms with E-state index >= 15 is 0 Å². The van der Waals surface area contributed by atoms with Gasteiger partial charge in [0.2, 0.25) is 0 Å². The van der Waals surface area contributed by atoms with E-state index in [9.17, 15) is 5.11 Å². The Kier molecular flexibility index (Phi) is 5.73. The van der Waals surface area contributed by atoms with Crippen molar-refractivity contribution in [1.29, 1.82) is 0 Å². The molecule has 3 nitrogen and oxygen atoms in total. The second-order valence-corrected chi connectivity index (χ2v) is 5.41. The van der Waals surface area contributed by atoms with E-state index in [1.54, 1.807) is 0 Å². The van der Waals surface area contributed by atoms with Crippen LogP contribution in [0.15, 0.2) is 0 Å². The number of β-amino-alcohol motifs (C(OH)–C–C–N with tert-alkyl or cyclic N) is 1. The number of rotatable bonds is 4. The van der Waals surface area contributed by atoms with Crippen molar-refractivity contribution in [3.63, 3.8) is 0 Å². The van der Waals surface area contributed by atoms with Crippen molar-refractivity contribution < 1.29 is 5.11 Å². The second kappa shape index (κ2) is 6.58. The second-order valence-electron chi connectivity index (χ2n) is 5.41. The Balaban J connectivity index is 2.45. The van der Waals surface area contributed by atoms with E-state index in [1.807, 2.05) is 0 Å². The number of nitrogens with zero attached hydrogens (tertiary/aromatic N) is 2. The third kappa shape index (κ3) is 4.04. The van der Waals surface area contributed by atoms with E-state index in [4.69, 9.17) is 0 Å². The number of likely N-dealkylation sites (N-methyl/N-ethyl adjacent to an activating group) is 1. The lowest BCUT2D eigenvalue weighted by Crippen LogP contribution is -2.43. The SMILES string of the molecule is CCC(C)C(O)CN1CCCN(C)CC1C. The van der Waals surface area contributed by atoms with Crippen molar-refractivity contribution in [3.05, 3.63) is 0 Å². The van der Waals surface area contributed by atoms with Gasteiger partial charge in [-0.25, -0.2) is 0 Å². The van der Waals surface area contributed by atoms with Crippen LogP contribution >= 0.6 is 0 Å². The molecule has 1 saturated heterocycles. The van der Waals surface area contributed by atoms with Crippen molar-refractivity contribution >= 4 is 0 Å². The van der Waals surface area contributed by atoms with Crippen LogP contribution in [0.5, 0.6) is 0 Å². The molecule has 1 heterocycles. The summed E-state index contributed by atoms with van der Waals surface area (Å²) in [6, 6.07) is 0.561. The Hall–Kier alpha value is -0.120. The highest BCUT2D eigenvalue weighted by molar-refractivity contribution is 4.78. The van der Waals surface area contributed by atoms with Gasteiger partial charge >= 0.3 is 0 Å². The Morgan fingerprint density at radius 2 is 2.06 bits per heavy atom. The van der Waals surface area contributed by atoms with Crippen LogP contribution in [0.2, 0.25) is 0 Å². The maximum absolute atomic E-state index is 10.1. The molecule has 0 aromatic rings. The molecule has 1 rings (SSSR count). The van der Waals surface area contributed by atoms with Crippen LogP contribution < -0.4 is 0 Å². The predicted molar refractivity (Wildman–Crippen MR) is 68.6 cm³/mol. The number of aliphatic hydroxyl groups is 1. The van der Waals surface area contributed by atoms with Crippen LogP contribution in [0.1, 0.15) is 33.6 Å². The van der Waals surface area contributed by atoms with E-state index in [0.29, 0.717) is 12.0 Å². The summed E-state index contributed by atoms with van der Waals surface area (Å²) < 4.78 is 0. The van der Waals surface area contributed by atoms with Gasteiger partial charge in [-0.1, -0.05) is 20.3 Å². The summed E-state index contributed by atoms with van der Waals surface area (Å²) in [5.74, 6) is 0.410. The lowest BCUT2D eigenvalue weighted by atomic mass is 10.0. The molecule has 3 atom stereocenters. The van der Waals surface area contributed by atoms with Crippen LogP contribution in [0.3, 0.4) is 0 Å². The third-order valence-corrected chi connectivity index (χ3v) is 3.91. The quantitative estimate of drug-likeness (QED) is 0.788. The molecular weight excluding hydrogens is 200 g/mol. The zero-order valence-electron chi connectivity index (χ0n) is 11.3. The molecule has 0 radical (unpaired) electrons. The molecule has 0 bridgehead atoms. The zero-order chi connectivity index (χ0) is 12.1. The molecule has 1 fully saturated rings. The van der Waals surface area contributed by atoms with Gasteiger partial charge in [-0.2, -0.15) is 0 Å². The van der Waals surface area contributed by atoms with E-state index in [0.717, 1.165) is 26.1 Å². The summed E-state index contributed by atoms with van der Waals surface area (Å²) in [4.78, 5) is 4.83. The summed E-state index contributed by atoms with van der Waals surface area (Å²) in [6.07, 6.45) is 2.10. The highest BCUT2D eigenvalue weighted by atomic mass is 16.3. The molecule has 1 aliphatic rings. The van der Waals surface area contributed by atoms with Crippen LogP contribution in [-0.2, 0) is 0 Å². The average molecular weight is 228 g/mol. The fourth-order valence-corrected chi connectivity index (χ4v) is 2.39. The van der Waals surface area contributed by atoms with Gasteiger partial charge in [0.15, 0.2) is 0 Å². The van der Waals surface area contributed by atoms with Gasteiger partial charge in [-0.05, 0) is 39.4 Å². The fourth-order valence-electron chi connectivity index (χ4n) is 2.39. The molecule has 96 valence electrons. The van der Waals surface area contributed by atoms with Crippen molar-refractivity contribution in [2.75, 3.05) is 33.2 Å². The molecule has 3 heteroatoms. The van der Waals surface area contributed by atoms with Gasteiger partial charge < -0.3 is 10.0 Å². The Morgan fingerprint density at radius 1 is 1.38 bits per heavy atom. The molecule has 0 spiro atoms. The summed E-state index contributed by atoms with van der Waals surface area (Å²) in [7, 11) is 2.19. The predicted octanol–water partition coefficient (Wildman–Crippen LogP) is 1.42. The van der Waals surface area contributed by atoms with Crippen molar-refractivity contribution in [2.24, 2.45) is 5.92 Å². The van der Waals surface area contributed by atoms with Gasteiger partial charge in [-0.3, -0.25) is 4.90 Å². The van der Waals surface area contributed by atoms with Gasteiger partial charge in [0.25, 0.3) is 0 Å². The third-order valence-electron chi connectivity index (χ3n) is 3.91. The summed E-state index contributed by atoms with van der Waals surface area (Å²) in [6.45, 7) is 10.8. The first-order valence-electron chi connectivity index (χ1n) is 6.65. The minimum absolute atomic E-state index is 0.171. The topological polar surface area (TPSA) is 26.7 Å². The summed E-state index contributed by atoms with van der Waals surface area (Å²) in [5.41, 5.74) is 0. The number of hydrogen-bond acceptors (Lipinski definition) is 3. The van der Waals surface area contributed by atoms with Crippen LogP contribution in [0.4, 0.5) is 0 Å². The van der Waals surface area contributed by atoms with E-state index < -0.39 is 0 Å². The molecule has 16 heavy (non-hydrogen) atoms. The van der Waals surface area contributed by atoms with Gasteiger partial charge in [0.1, 0.15) is 0 Å². The van der Waals surface area contributed by atoms with E-state index in [-0.39, 0.29) is 6.10 Å². The molecule has 0 aromatic carbocycles. The largest absolute Gasteiger partial charge is 0.392 e. The number of aliphatic hydroxyl groups excluding tert-OH is 1. The Labute approximate surface area is 100 Å². The maximum Gasteiger partial charge on any atom is 0.0692 e. The highest BCUT2D eigenvalue weighted by Gasteiger charge is 2.23. The average Bonchev–Trinajstić information content (AvgIpc) is 2.39. The summed E-state index contributed by atoms with van der Waals surface area (Å²) >= 11 is 0.